The van der Waals surface area contributed by atoms with Crippen LogP contribution in [0.2, 0.25) is 0 Å². The first-order chi connectivity index (χ1) is 13.1. The molecule has 0 spiro atoms. The van der Waals surface area contributed by atoms with Crippen molar-refractivity contribution in [2.45, 2.75) is 31.8 Å². The van der Waals surface area contributed by atoms with Crippen molar-refractivity contribution in [1.82, 2.24) is 25.1 Å². The van der Waals surface area contributed by atoms with Crippen molar-refractivity contribution >= 4 is 17.3 Å². The zero-order chi connectivity index (χ0) is 18.8. The van der Waals surface area contributed by atoms with Gasteiger partial charge in [-0.3, -0.25) is 0 Å². The van der Waals surface area contributed by atoms with E-state index in [1.807, 2.05) is 19.1 Å². The van der Waals surface area contributed by atoms with Gasteiger partial charge in [-0.25, -0.2) is 15.0 Å². The average molecular weight is 363 g/mol. The summed E-state index contributed by atoms with van der Waals surface area (Å²) >= 11 is 0. The Bertz CT molecular complexity index is 986. The molecule has 4 rings (SSSR count). The number of oxazole rings is 1. The van der Waals surface area contributed by atoms with Gasteiger partial charge in [-0.2, -0.15) is 5.26 Å². The fourth-order valence-corrected chi connectivity index (χ4v) is 2.77. The van der Waals surface area contributed by atoms with Crippen LogP contribution in [0.25, 0.3) is 11.6 Å². The minimum Gasteiger partial charge on any atom is -0.440 e. The van der Waals surface area contributed by atoms with Gasteiger partial charge in [0.05, 0.1) is 24.3 Å². The number of hydrogen-bond donors (Lipinski definition) is 3. The highest BCUT2D eigenvalue weighted by molar-refractivity contribution is 5.72. The van der Waals surface area contributed by atoms with Crippen LogP contribution in [0.3, 0.4) is 0 Å². The predicted molar refractivity (Wildman–Crippen MR) is 96.9 cm³/mol. The molecule has 136 valence electrons. The first-order valence-corrected chi connectivity index (χ1v) is 8.42. The summed E-state index contributed by atoms with van der Waals surface area (Å²) in [7, 11) is 0. The fraction of sp³-hybridized carbons (Fsp3) is 0.294. The molecule has 0 aliphatic heterocycles. The number of nitriles is 1. The number of rotatable bonds is 5. The van der Waals surface area contributed by atoms with Crippen molar-refractivity contribution in [3.05, 3.63) is 36.1 Å². The van der Waals surface area contributed by atoms with Crippen LogP contribution < -0.4 is 16.4 Å². The lowest BCUT2D eigenvalue weighted by atomic mass is 9.87. The Labute approximate surface area is 154 Å². The normalized spacial score (nSPS) is 18.4. The van der Waals surface area contributed by atoms with Crippen LogP contribution in [0.1, 0.15) is 24.3 Å². The quantitative estimate of drug-likeness (QED) is 0.611. The van der Waals surface area contributed by atoms with Crippen molar-refractivity contribution in [1.29, 1.82) is 5.26 Å². The molecule has 10 heteroatoms. The van der Waals surface area contributed by atoms with Crippen molar-refractivity contribution in [2.75, 3.05) is 10.6 Å². The summed E-state index contributed by atoms with van der Waals surface area (Å²) in [6, 6.07) is 4.22. The molecule has 0 aromatic carbocycles. The highest BCUT2D eigenvalue weighted by atomic mass is 16.4. The van der Waals surface area contributed by atoms with E-state index in [1.54, 1.807) is 6.20 Å². The Morgan fingerprint density at radius 3 is 2.63 bits per heavy atom. The molecule has 1 fully saturated rings. The Morgan fingerprint density at radius 2 is 2.00 bits per heavy atom. The molecule has 1 saturated carbocycles. The summed E-state index contributed by atoms with van der Waals surface area (Å²) in [5.74, 6) is 2.03. The van der Waals surface area contributed by atoms with Crippen LogP contribution in [0.5, 0.6) is 0 Å². The van der Waals surface area contributed by atoms with Crippen LogP contribution in [0.15, 0.2) is 29.1 Å². The summed E-state index contributed by atoms with van der Waals surface area (Å²) in [5, 5.41) is 23.7. The lowest BCUT2D eigenvalue weighted by Gasteiger charge is -2.34. The molecule has 0 amide bonds. The smallest absolute Gasteiger partial charge is 0.249 e. The summed E-state index contributed by atoms with van der Waals surface area (Å²) in [5.41, 5.74) is 7.39. The van der Waals surface area contributed by atoms with E-state index in [-0.39, 0.29) is 17.8 Å². The lowest BCUT2D eigenvalue weighted by Crippen LogP contribution is -2.44. The molecular weight excluding hydrogens is 346 g/mol. The third-order valence-electron chi connectivity index (χ3n) is 4.17. The van der Waals surface area contributed by atoms with Crippen molar-refractivity contribution < 1.29 is 4.42 Å². The van der Waals surface area contributed by atoms with E-state index in [9.17, 15) is 0 Å². The standard InChI is InChI=1S/C17H17N9O/c1-9-6-22-17(27-9)16-13(23-11-2-10(19)3-11)4-14(25-26-16)24-15-8-20-12(5-18)7-21-15/h4,6-8,10-11H,2-3,19H2,1H3,(H2,21,23,24,25). The molecule has 0 unspecified atom stereocenters. The van der Waals surface area contributed by atoms with Gasteiger partial charge in [-0.15, -0.1) is 10.2 Å². The van der Waals surface area contributed by atoms with Gasteiger partial charge in [0.25, 0.3) is 0 Å². The van der Waals surface area contributed by atoms with Gasteiger partial charge in [0.2, 0.25) is 5.89 Å². The number of nitrogens with two attached hydrogens (primary N) is 1. The molecule has 1 aliphatic carbocycles. The topological polar surface area (TPSA) is 151 Å². The molecule has 0 radical (unpaired) electrons. The SMILES string of the molecule is Cc1cnc(-c2nnc(Nc3cnc(C#N)cn3)cc2NC2CC(N)C2)o1. The largest absolute Gasteiger partial charge is 0.440 e. The molecule has 0 bridgehead atoms. The minimum absolute atomic E-state index is 0.219. The Hall–Kier alpha value is -3.58. The molecule has 4 N–H and O–H groups in total. The predicted octanol–water partition coefficient (Wildman–Crippen LogP) is 1.75. The van der Waals surface area contributed by atoms with Gasteiger partial charge in [0.15, 0.2) is 17.2 Å². The van der Waals surface area contributed by atoms with Crippen LogP contribution in [-0.4, -0.2) is 37.2 Å². The van der Waals surface area contributed by atoms with E-state index in [4.69, 9.17) is 15.4 Å². The lowest BCUT2D eigenvalue weighted by molar-refractivity contribution is 0.373. The second-order valence-electron chi connectivity index (χ2n) is 6.36. The average Bonchev–Trinajstić information content (AvgIpc) is 3.07. The summed E-state index contributed by atoms with van der Waals surface area (Å²) in [6.45, 7) is 1.82. The molecule has 10 nitrogen and oxygen atoms in total. The number of aromatic nitrogens is 5. The Balaban J connectivity index is 1.61. The summed E-state index contributed by atoms with van der Waals surface area (Å²) < 4.78 is 5.60. The summed E-state index contributed by atoms with van der Waals surface area (Å²) in [4.78, 5) is 12.3. The zero-order valence-electron chi connectivity index (χ0n) is 14.5. The monoisotopic (exact) mass is 363 g/mol. The Morgan fingerprint density at radius 1 is 1.15 bits per heavy atom. The highest BCUT2D eigenvalue weighted by Crippen LogP contribution is 2.31. The van der Waals surface area contributed by atoms with E-state index >= 15 is 0 Å². The van der Waals surface area contributed by atoms with Crippen LogP contribution in [0, 0.1) is 18.3 Å². The van der Waals surface area contributed by atoms with Crippen molar-refractivity contribution in [3.63, 3.8) is 0 Å². The zero-order valence-corrected chi connectivity index (χ0v) is 14.5. The van der Waals surface area contributed by atoms with Crippen molar-refractivity contribution in [2.24, 2.45) is 5.73 Å². The molecule has 1 aliphatic rings. The molecule has 0 atom stereocenters. The maximum absolute atomic E-state index is 8.80. The number of hydrogen-bond acceptors (Lipinski definition) is 10. The number of nitrogens with zero attached hydrogens (tertiary/aromatic N) is 6. The minimum atomic E-state index is 0.219. The first-order valence-electron chi connectivity index (χ1n) is 8.42. The van der Waals surface area contributed by atoms with Crippen molar-refractivity contribution in [3.8, 4) is 17.7 Å². The third kappa shape index (κ3) is 3.68. The molecule has 3 aromatic heterocycles. The molecule has 3 aromatic rings. The van der Waals surface area contributed by atoms with Crippen LogP contribution in [0.4, 0.5) is 17.3 Å². The maximum atomic E-state index is 8.80. The van der Waals surface area contributed by atoms with E-state index < -0.39 is 0 Å². The van der Waals surface area contributed by atoms with Gasteiger partial charge in [-0.1, -0.05) is 0 Å². The van der Waals surface area contributed by atoms with Gasteiger partial charge in [-0.05, 0) is 19.8 Å². The molecule has 0 saturated heterocycles. The molecular formula is C17H17N9O. The molecule has 27 heavy (non-hydrogen) atoms. The fourth-order valence-electron chi connectivity index (χ4n) is 2.77. The highest BCUT2D eigenvalue weighted by Gasteiger charge is 2.27. The second kappa shape index (κ2) is 6.97. The summed E-state index contributed by atoms with van der Waals surface area (Å²) in [6.07, 6.45) is 6.25. The van der Waals surface area contributed by atoms with E-state index in [1.165, 1.54) is 12.4 Å². The third-order valence-corrected chi connectivity index (χ3v) is 4.17. The first kappa shape index (κ1) is 16.9. The van der Waals surface area contributed by atoms with E-state index in [2.05, 4.69) is 35.8 Å². The number of nitrogens with one attached hydrogen (secondary N) is 2. The van der Waals surface area contributed by atoms with E-state index in [0.29, 0.717) is 29.0 Å². The maximum Gasteiger partial charge on any atom is 0.249 e. The van der Waals surface area contributed by atoms with Gasteiger partial charge in [0.1, 0.15) is 17.6 Å². The van der Waals surface area contributed by atoms with Gasteiger partial charge >= 0.3 is 0 Å². The van der Waals surface area contributed by atoms with Gasteiger partial charge in [0, 0.05) is 18.2 Å². The Kier molecular flexibility index (Phi) is 4.35. The van der Waals surface area contributed by atoms with E-state index in [0.717, 1.165) is 18.5 Å². The molecule has 3 heterocycles. The second-order valence-corrected chi connectivity index (χ2v) is 6.36. The van der Waals surface area contributed by atoms with Crippen LogP contribution >= 0.6 is 0 Å². The van der Waals surface area contributed by atoms with Gasteiger partial charge < -0.3 is 20.8 Å². The van der Waals surface area contributed by atoms with Crippen LogP contribution in [-0.2, 0) is 0 Å². The number of aryl methyl sites for hydroxylation is 1. The number of anilines is 3.